The number of amides is 3. The lowest BCUT2D eigenvalue weighted by molar-refractivity contribution is -0.123. The lowest BCUT2D eigenvalue weighted by Gasteiger charge is -2.21. The molecule has 1 aliphatic rings. The summed E-state index contributed by atoms with van der Waals surface area (Å²) in [5, 5.41) is 13.5. The first kappa shape index (κ1) is 20.6. The highest BCUT2D eigenvalue weighted by Gasteiger charge is 2.43. The Hall–Kier alpha value is -4.27. The van der Waals surface area contributed by atoms with Gasteiger partial charge in [-0.3, -0.25) is 10.1 Å². The molecule has 1 aliphatic heterocycles. The average molecular weight is 442 g/mol. The summed E-state index contributed by atoms with van der Waals surface area (Å²) < 4.78 is 7.37. The fraction of sp³-hybridized carbons (Fsp3) is 0.208. The maximum atomic E-state index is 12.2. The van der Waals surface area contributed by atoms with Crippen molar-refractivity contribution in [2.75, 3.05) is 0 Å². The number of imide groups is 1. The molecule has 1 atom stereocenters. The van der Waals surface area contributed by atoms with Crippen LogP contribution in [0.5, 0.6) is 0 Å². The summed E-state index contributed by atoms with van der Waals surface area (Å²) >= 11 is 0. The molecule has 0 radical (unpaired) electrons. The summed E-state index contributed by atoms with van der Waals surface area (Å²) in [5.74, 6) is 0.495. The summed E-state index contributed by atoms with van der Waals surface area (Å²) in [4.78, 5) is 28.4. The van der Waals surface area contributed by atoms with Gasteiger partial charge < -0.3 is 9.84 Å². The second-order valence-electron chi connectivity index (χ2n) is 8.31. The molecule has 0 bridgehead atoms. The van der Waals surface area contributed by atoms with Gasteiger partial charge in [-0.2, -0.15) is 10.1 Å². The maximum absolute atomic E-state index is 12.2. The van der Waals surface area contributed by atoms with Crippen molar-refractivity contribution in [3.63, 3.8) is 0 Å². The zero-order valence-corrected chi connectivity index (χ0v) is 18.4. The number of carbonyl (C=O) groups excluding carboxylic acids is 2. The Morgan fingerprint density at radius 1 is 1.06 bits per heavy atom. The van der Waals surface area contributed by atoms with Crippen LogP contribution in [0.25, 0.3) is 17.1 Å². The van der Waals surface area contributed by atoms with Crippen LogP contribution in [0.3, 0.4) is 0 Å². The topological polar surface area (TPSA) is 115 Å². The van der Waals surface area contributed by atoms with E-state index in [0.29, 0.717) is 29.3 Å². The summed E-state index contributed by atoms with van der Waals surface area (Å²) in [5.41, 5.74) is 4.25. The molecule has 33 heavy (non-hydrogen) atoms. The van der Waals surface area contributed by atoms with Gasteiger partial charge in [0.15, 0.2) is 0 Å². The highest BCUT2D eigenvalue weighted by Crippen LogP contribution is 2.28. The van der Waals surface area contributed by atoms with Crippen LogP contribution in [-0.2, 0) is 16.8 Å². The van der Waals surface area contributed by atoms with Crippen molar-refractivity contribution in [1.29, 1.82) is 0 Å². The molecule has 1 unspecified atom stereocenters. The lowest BCUT2D eigenvalue weighted by atomic mass is 9.91. The molecule has 3 heterocycles. The highest BCUT2D eigenvalue weighted by atomic mass is 16.5. The van der Waals surface area contributed by atoms with E-state index < -0.39 is 17.5 Å². The van der Waals surface area contributed by atoms with Crippen molar-refractivity contribution in [3.8, 4) is 17.1 Å². The zero-order valence-electron chi connectivity index (χ0n) is 18.4. The predicted octanol–water partition coefficient (Wildman–Crippen LogP) is 3.18. The molecule has 2 aromatic carbocycles. The molecular formula is C24H22N6O3. The Bertz CT molecular complexity index is 1370. The second kappa shape index (κ2) is 7.70. The predicted molar refractivity (Wildman–Crippen MR) is 120 cm³/mol. The maximum Gasteiger partial charge on any atom is 0.322 e. The molecule has 3 amide bonds. The highest BCUT2D eigenvalue weighted by molar-refractivity contribution is 6.07. The Balaban J connectivity index is 1.34. The second-order valence-corrected chi connectivity index (χ2v) is 8.31. The van der Waals surface area contributed by atoms with E-state index in [4.69, 9.17) is 4.52 Å². The van der Waals surface area contributed by atoms with E-state index in [1.165, 1.54) is 0 Å². The third kappa shape index (κ3) is 3.78. The molecule has 0 saturated carbocycles. The van der Waals surface area contributed by atoms with Crippen LogP contribution in [0, 0.1) is 13.8 Å². The lowest BCUT2D eigenvalue weighted by Crippen LogP contribution is -2.40. The molecule has 2 aromatic heterocycles. The number of nitrogens with one attached hydrogen (secondary N) is 2. The molecule has 9 heteroatoms. The quantitative estimate of drug-likeness (QED) is 0.459. The smallest absolute Gasteiger partial charge is 0.322 e. The third-order valence-electron chi connectivity index (χ3n) is 5.76. The Morgan fingerprint density at radius 2 is 1.85 bits per heavy atom. The minimum Gasteiger partial charge on any atom is -0.339 e. The summed E-state index contributed by atoms with van der Waals surface area (Å²) in [7, 11) is 0. The number of carbonyl (C=O) groups is 2. The molecule has 4 aromatic rings. The number of urea groups is 1. The van der Waals surface area contributed by atoms with E-state index in [0.717, 1.165) is 22.6 Å². The minimum atomic E-state index is -1.15. The Kier molecular flexibility index (Phi) is 4.81. The molecular weight excluding hydrogens is 420 g/mol. The molecule has 9 nitrogen and oxygen atoms in total. The first-order valence-corrected chi connectivity index (χ1v) is 10.5. The number of aromatic nitrogens is 4. The van der Waals surface area contributed by atoms with E-state index in [9.17, 15) is 9.59 Å². The van der Waals surface area contributed by atoms with Crippen LogP contribution in [0.1, 0.15) is 35.3 Å². The molecule has 5 rings (SSSR count). The number of benzene rings is 2. The van der Waals surface area contributed by atoms with Crippen LogP contribution in [0.2, 0.25) is 0 Å². The largest absolute Gasteiger partial charge is 0.339 e. The monoisotopic (exact) mass is 442 g/mol. The average Bonchev–Trinajstić information content (AvgIpc) is 3.46. The minimum absolute atomic E-state index is 0.401. The number of aryl methyl sites for hydroxylation is 2. The summed E-state index contributed by atoms with van der Waals surface area (Å²) in [6, 6.07) is 16.8. The van der Waals surface area contributed by atoms with Crippen LogP contribution in [-0.4, -0.2) is 31.9 Å². The van der Waals surface area contributed by atoms with Crippen molar-refractivity contribution >= 4 is 11.9 Å². The molecule has 2 N–H and O–H groups in total. The summed E-state index contributed by atoms with van der Waals surface area (Å²) in [6.45, 7) is 5.65. The van der Waals surface area contributed by atoms with E-state index in [1.54, 1.807) is 25.1 Å². The van der Waals surface area contributed by atoms with Crippen molar-refractivity contribution in [2.24, 2.45) is 0 Å². The number of rotatable bonds is 5. The molecule has 0 spiro atoms. The molecule has 1 saturated heterocycles. The van der Waals surface area contributed by atoms with Crippen molar-refractivity contribution < 1.29 is 14.1 Å². The van der Waals surface area contributed by atoms with E-state index >= 15 is 0 Å². The van der Waals surface area contributed by atoms with Gasteiger partial charge in [0.1, 0.15) is 5.54 Å². The van der Waals surface area contributed by atoms with E-state index in [2.05, 4.69) is 25.9 Å². The first-order chi connectivity index (χ1) is 15.8. The van der Waals surface area contributed by atoms with Gasteiger partial charge in [0, 0.05) is 11.3 Å². The molecule has 1 fully saturated rings. The van der Waals surface area contributed by atoms with Gasteiger partial charge in [-0.1, -0.05) is 35.5 Å². The van der Waals surface area contributed by atoms with Crippen molar-refractivity contribution in [3.05, 3.63) is 83.0 Å². The van der Waals surface area contributed by atoms with Gasteiger partial charge in [-0.25, -0.2) is 9.48 Å². The fourth-order valence-corrected chi connectivity index (χ4v) is 3.98. The van der Waals surface area contributed by atoms with Crippen LogP contribution < -0.4 is 10.6 Å². The van der Waals surface area contributed by atoms with Gasteiger partial charge in [0.25, 0.3) is 5.91 Å². The Labute approximate surface area is 189 Å². The Morgan fingerprint density at radius 3 is 2.52 bits per heavy atom. The first-order valence-electron chi connectivity index (χ1n) is 10.5. The van der Waals surface area contributed by atoms with Gasteiger partial charge in [0.2, 0.25) is 11.7 Å². The third-order valence-corrected chi connectivity index (χ3v) is 5.76. The molecule has 166 valence electrons. The van der Waals surface area contributed by atoms with Crippen LogP contribution >= 0.6 is 0 Å². The number of hydrogen-bond donors (Lipinski definition) is 2. The number of nitrogens with zero attached hydrogens (tertiary/aromatic N) is 4. The SMILES string of the molecule is Cc1cc(C)n(-c2ccc(Cc3nc(-c4cccc(C5(C)NC(=O)NC5=O)c4)no3)cc2)n1. The van der Waals surface area contributed by atoms with Crippen molar-refractivity contribution in [1.82, 2.24) is 30.6 Å². The van der Waals surface area contributed by atoms with E-state index in [-0.39, 0.29) is 0 Å². The summed E-state index contributed by atoms with van der Waals surface area (Å²) in [6.07, 6.45) is 0.486. The zero-order chi connectivity index (χ0) is 23.2. The standard InChI is InChI=1S/C24H22N6O3/c1-14-11-15(2)30(28-14)19-9-7-16(8-10-19)12-20-25-21(29-33-20)17-5-4-6-18(13-17)24(3)22(31)26-23(32)27-24/h4-11,13H,12H2,1-3H3,(H2,26,27,31,32). The van der Waals surface area contributed by atoms with Gasteiger partial charge in [-0.05, 0) is 56.2 Å². The van der Waals surface area contributed by atoms with Gasteiger partial charge >= 0.3 is 6.03 Å². The van der Waals surface area contributed by atoms with Crippen LogP contribution in [0.15, 0.2) is 59.1 Å². The van der Waals surface area contributed by atoms with Crippen molar-refractivity contribution in [2.45, 2.75) is 32.7 Å². The molecule has 0 aliphatic carbocycles. The van der Waals surface area contributed by atoms with Gasteiger partial charge in [-0.15, -0.1) is 0 Å². The normalized spacial score (nSPS) is 17.8. The number of hydrogen-bond acceptors (Lipinski definition) is 6. The van der Waals surface area contributed by atoms with Crippen LogP contribution in [0.4, 0.5) is 4.79 Å². The van der Waals surface area contributed by atoms with E-state index in [1.807, 2.05) is 54.9 Å². The fourth-order valence-electron chi connectivity index (χ4n) is 3.98. The van der Waals surface area contributed by atoms with Gasteiger partial charge in [0.05, 0.1) is 17.8 Å².